The molecule has 2 aromatic heterocycles. The highest BCUT2D eigenvalue weighted by atomic mass is 35.5. The second-order valence-electron chi connectivity index (χ2n) is 4.66. The van der Waals surface area contributed by atoms with Crippen molar-refractivity contribution in [2.45, 2.75) is 18.4 Å². The van der Waals surface area contributed by atoms with E-state index in [4.69, 9.17) is 20.9 Å². The fraction of sp³-hybridized carbons (Fsp3) is 0.462. The molecule has 0 spiro atoms. The Morgan fingerprint density at radius 1 is 1.45 bits per heavy atom. The number of aromatic nitrogens is 3. The van der Waals surface area contributed by atoms with Crippen molar-refractivity contribution in [1.82, 2.24) is 20.4 Å². The largest absolute Gasteiger partial charge is 0.381 e. The molecule has 3 rings (SSSR count). The van der Waals surface area contributed by atoms with E-state index in [0.717, 1.165) is 13.0 Å². The molecule has 106 valence electrons. The lowest BCUT2D eigenvalue weighted by atomic mass is 9.96. The van der Waals surface area contributed by atoms with E-state index in [0.29, 0.717) is 29.0 Å². The van der Waals surface area contributed by atoms with E-state index in [9.17, 15) is 0 Å². The second kappa shape index (κ2) is 5.87. The molecule has 0 aromatic carbocycles. The molecular weight excluding hydrogens is 280 g/mol. The van der Waals surface area contributed by atoms with Crippen LogP contribution in [0.5, 0.6) is 0 Å². The molecule has 1 saturated heterocycles. The van der Waals surface area contributed by atoms with Crippen LogP contribution in [0.4, 0.5) is 0 Å². The summed E-state index contributed by atoms with van der Waals surface area (Å²) in [6.07, 6.45) is 2.57. The Bertz CT molecular complexity index is 589. The molecule has 1 aliphatic rings. The fourth-order valence-electron chi connectivity index (χ4n) is 2.36. The van der Waals surface area contributed by atoms with Gasteiger partial charge in [-0.1, -0.05) is 16.8 Å². The lowest BCUT2D eigenvalue weighted by Gasteiger charge is -2.28. The molecule has 0 amide bonds. The van der Waals surface area contributed by atoms with E-state index in [2.05, 4.69) is 20.4 Å². The van der Waals surface area contributed by atoms with Crippen LogP contribution in [0, 0.1) is 0 Å². The van der Waals surface area contributed by atoms with Crippen LogP contribution < -0.4 is 5.32 Å². The zero-order chi connectivity index (χ0) is 13.9. The van der Waals surface area contributed by atoms with Gasteiger partial charge in [-0.15, -0.1) is 0 Å². The van der Waals surface area contributed by atoms with Crippen LogP contribution in [0.1, 0.15) is 18.2 Å². The third-order valence-electron chi connectivity index (χ3n) is 3.46. The van der Waals surface area contributed by atoms with Crippen LogP contribution in [-0.4, -0.2) is 41.4 Å². The maximum Gasteiger partial charge on any atom is 0.234 e. The first-order valence-electron chi connectivity index (χ1n) is 6.49. The van der Waals surface area contributed by atoms with Gasteiger partial charge in [-0.05, 0) is 25.6 Å². The van der Waals surface area contributed by atoms with E-state index in [1.807, 2.05) is 7.05 Å². The van der Waals surface area contributed by atoms with Gasteiger partial charge in [0.15, 0.2) is 0 Å². The number of halogens is 1. The first-order valence-corrected chi connectivity index (χ1v) is 6.87. The molecule has 1 aliphatic heterocycles. The normalized spacial score (nSPS) is 22.9. The molecule has 0 bridgehead atoms. The van der Waals surface area contributed by atoms with E-state index >= 15 is 0 Å². The number of hydrogen-bond donors (Lipinski definition) is 1. The summed E-state index contributed by atoms with van der Waals surface area (Å²) >= 11 is 6.09. The molecule has 1 N–H and O–H groups in total. The summed E-state index contributed by atoms with van der Waals surface area (Å²) in [4.78, 5) is 8.60. The van der Waals surface area contributed by atoms with Gasteiger partial charge in [0.05, 0.1) is 17.5 Å². The molecule has 2 aromatic rings. The smallest absolute Gasteiger partial charge is 0.234 e. The zero-order valence-corrected chi connectivity index (χ0v) is 11.8. The molecule has 0 radical (unpaired) electrons. The van der Waals surface area contributed by atoms with Crippen molar-refractivity contribution in [2.75, 3.05) is 20.3 Å². The average Bonchev–Trinajstić information content (AvgIpc) is 2.97. The number of rotatable bonds is 3. The van der Waals surface area contributed by atoms with Gasteiger partial charge in [-0.25, -0.2) is 0 Å². The molecule has 20 heavy (non-hydrogen) atoms. The van der Waals surface area contributed by atoms with Gasteiger partial charge in [0.2, 0.25) is 11.7 Å². The minimum absolute atomic E-state index is 0.0532. The number of pyridine rings is 1. The molecule has 1 fully saturated rings. The molecule has 0 aliphatic carbocycles. The van der Waals surface area contributed by atoms with Crippen LogP contribution >= 0.6 is 11.6 Å². The lowest BCUT2D eigenvalue weighted by Crippen LogP contribution is -2.39. The molecule has 7 heteroatoms. The highest BCUT2D eigenvalue weighted by Crippen LogP contribution is 2.28. The van der Waals surface area contributed by atoms with Gasteiger partial charge in [-0.3, -0.25) is 4.98 Å². The van der Waals surface area contributed by atoms with Crippen molar-refractivity contribution < 1.29 is 9.26 Å². The SMILES string of the molecule is CNC1CCOCC1c1nc(-c2ncccc2Cl)no1. The predicted molar refractivity (Wildman–Crippen MR) is 73.6 cm³/mol. The van der Waals surface area contributed by atoms with Gasteiger partial charge >= 0.3 is 0 Å². The minimum atomic E-state index is 0.0532. The summed E-state index contributed by atoms with van der Waals surface area (Å²) in [7, 11) is 1.93. The molecule has 2 unspecified atom stereocenters. The van der Waals surface area contributed by atoms with Crippen LogP contribution in [0.2, 0.25) is 5.02 Å². The van der Waals surface area contributed by atoms with E-state index in [-0.39, 0.29) is 12.0 Å². The van der Waals surface area contributed by atoms with Gasteiger partial charge in [-0.2, -0.15) is 4.98 Å². The Morgan fingerprint density at radius 3 is 3.15 bits per heavy atom. The van der Waals surface area contributed by atoms with Crippen LogP contribution in [0.15, 0.2) is 22.9 Å². The van der Waals surface area contributed by atoms with Gasteiger partial charge < -0.3 is 14.6 Å². The highest BCUT2D eigenvalue weighted by Gasteiger charge is 2.31. The first-order chi connectivity index (χ1) is 9.79. The van der Waals surface area contributed by atoms with Gasteiger partial charge in [0.25, 0.3) is 0 Å². The standard InChI is InChI=1S/C13H15ClN4O2/c1-15-10-4-6-19-7-8(10)13-17-12(18-20-13)11-9(14)3-2-5-16-11/h2-3,5,8,10,15H,4,6-7H2,1H3. The maximum atomic E-state index is 6.09. The van der Waals surface area contributed by atoms with Crippen molar-refractivity contribution in [3.05, 3.63) is 29.2 Å². The Hall–Kier alpha value is -1.50. The fourth-order valence-corrected chi connectivity index (χ4v) is 2.57. The summed E-state index contributed by atoms with van der Waals surface area (Å²) < 4.78 is 10.9. The zero-order valence-electron chi connectivity index (χ0n) is 11.0. The first kappa shape index (κ1) is 13.5. The van der Waals surface area contributed by atoms with E-state index < -0.39 is 0 Å². The van der Waals surface area contributed by atoms with E-state index in [1.165, 1.54) is 0 Å². The number of nitrogens with zero attached hydrogens (tertiary/aromatic N) is 3. The monoisotopic (exact) mass is 294 g/mol. The van der Waals surface area contributed by atoms with Crippen molar-refractivity contribution in [3.8, 4) is 11.5 Å². The van der Waals surface area contributed by atoms with Crippen LogP contribution in [0.25, 0.3) is 11.5 Å². The Labute approximate surface area is 121 Å². The minimum Gasteiger partial charge on any atom is -0.381 e. The quantitative estimate of drug-likeness (QED) is 0.932. The van der Waals surface area contributed by atoms with Crippen molar-refractivity contribution in [3.63, 3.8) is 0 Å². The molecule has 2 atom stereocenters. The number of ether oxygens (including phenoxy) is 1. The Kier molecular flexibility index (Phi) is 3.95. The van der Waals surface area contributed by atoms with Gasteiger partial charge in [0, 0.05) is 18.8 Å². The third-order valence-corrected chi connectivity index (χ3v) is 3.76. The van der Waals surface area contributed by atoms with Gasteiger partial charge in [0.1, 0.15) is 5.69 Å². The van der Waals surface area contributed by atoms with Crippen LogP contribution in [0.3, 0.4) is 0 Å². The summed E-state index contributed by atoms with van der Waals surface area (Å²) in [6.45, 7) is 1.32. The van der Waals surface area contributed by atoms with Crippen molar-refractivity contribution in [1.29, 1.82) is 0 Å². The molecule has 0 saturated carbocycles. The number of nitrogens with one attached hydrogen (secondary N) is 1. The third kappa shape index (κ3) is 2.54. The lowest BCUT2D eigenvalue weighted by molar-refractivity contribution is 0.0516. The Morgan fingerprint density at radius 2 is 2.35 bits per heavy atom. The summed E-state index contributed by atoms with van der Waals surface area (Å²) in [5.74, 6) is 1.02. The Balaban J connectivity index is 1.88. The maximum absolute atomic E-state index is 6.09. The molecule has 3 heterocycles. The van der Waals surface area contributed by atoms with Crippen LogP contribution in [-0.2, 0) is 4.74 Å². The number of likely N-dealkylation sites (N-methyl/N-ethyl adjacent to an activating group) is 1. The summed E-state index contributed by atoms with van der Waals surface area (Å²) in [5, 5.41) is 7.74. The highest BCUT2D eigenvalue weighted by molar-refractivity contribution is 6.32. The topological polar surface area (TPSA) is 73.1 Å². The van der Waals surface area contributed by atoms with Crippen molar-refractivity contribution in [2.24, 2.45) is 0 Å². The number of hydrogen-bond acceptors (Lipinski definition) is 6. The van der Waals surface area contributed by atoms with Crippen molar-refractivity contribution >= 4 is 11.6 Å². The molecular formula is C13H15ClN4O2. The van der Waals surface area contributed by atoms with E-state index in [1.54, 1.807) is 18.3 Å². The predicted octanol–water partition coefficient (Wildman–Crippen LogP) is 1.88. The second-order valence-corrected chi connectivity index (χ2v) is 5.06. The molecule has 6 nitrogen and oxygen atoms in total. The summed E-state index contributed by atoms with van der Waals surface area (Å²) in [5.41, 5.74) is 0.530. The summed E-state index contributed by atoms with van der Waals surface area (Å²) in [6, 6.07) is 3.79. The average molecular weight is 295 g/mol.